The third-order valence-electron chi connectivity index (χ3n) is 6.82. The van der Waals surface area contributed by atoms with Crippen LogP contribution in [0.15, 0.2) is 47.7 Å². The van der Waals surface area contributed by atoms with Gasteiger partial charge in [0.2, 0.25) is 0 Å². The number of nitrogens with one attached hydrogen (secondary N) is 1. The van der Waals surface area contributed by atoms with E-state index < -0.39 is 0 Å². The summed E-state index contributed by atoms with van der Waals surface area (Å²) in [4.78, 5) is 8.10. The van der Waals surface area contributed by atoms with Crippen LogP contribution in [0.3, 0.4) is 0 Å². The van der Waals surface area contributed by atoms with Crippen LogP contribution in [0, 0.1) is 11.3 Å². The van der Waals surface area contributed by atoms with Crippen LogP contribution < -0.4 is 4.74 Å². The number of hydrogen-bond acceptors (Lipinski definition) is 4. The van der Waals surface area contributed by atoms with Crippen LogP contribution in [-0.2, 0) is 4.74 Å². The van der Waals surface area contributed by atoms with Gasteiger partial charge in [0, 0.05) is 36.0 Å². The van der Waals surface area contributed by atoms with Crippen molar-refractivity contribution in [1.82, 2.24) is 9.97 Å². The van der Waals surface area contributed by atoms with Gasteiger partial charge in [-0.2, -0.15) is 5.26 Å². The van der Waals surface area contributed by atoms with Crippen molar-refractivity contribution >= 4 is 11.0 Å². The van der Waals surface area contributed by atoms with Gasteiger partial charge in [0.25, 0.3) is 0 Å². The first-order valence-corrected chi connectivity index (χ1v) is 10.8. The van der Waals surface area contributed by atoms with Crippen LogP contribution in [-0.4, -0.2) is 29.3 Å². The van der Waals surface area contributed by atoms with Crippen molar-refractivity contribution in [3.8, 4) is 22.9 Å². The molecule has 0 spiro atoms. The lowest BCUT2D eigenvalue weighted by Crippen LogP contribution is -2.26. The lowest BCUT2D eigenvalue weighted by Gasteiger charge is -2.41. The predicted octanol–water partition coefficient (Wildman–Crippen LogP) is 5.24. The van der Waals surface area contributed by atoms with Crippen LogP contribution in [0.5, 0.6) is 5.75 Å². The fraction of sp³-hybridized carbons (Fsp3) is 0.360. The maximum atomic E-state index is 9.73. The summed E-state index contributed by atoms with van der Waals surface area (Å²) in [5, 5.41) is 10.8. The number of ether oxygens (including phenoxy) is 2. The predicted molar refractivity (Wildman–Crippen MR) is 114 cm³/mol. The second kappa shape index (κ2) is 7.00. The molecule has 2 aromatic heterocycles. The summed E-state index contributed by atoms with van der Waals surface area (Å²) >= 11 is 0. The largest absolute Gasteiger partial charge is 0.489 e. The molecule has 1 unspecified atom stereocenters. The molecule has 1 atom stereocenters. The summed E-state index contributed by atoms with van der Waals surface area (Å²) in [6, 6.07) is 12.5. The quantitative estimate of drug-likeness (QED) is 0.612. The van der Waals surface area contributed by atoms with Crippen LogP contribution >= 0.6 is 0 Å². The van der Waals surface area contributed by atoms with Gasteiger partial charge in [0.05, 0.1) is 18.8 Å². The Balaban J connectivity index is 1.34. The molecule has 5 heteroatoms. The monoisotopic (exact) mass is 397 g/mol. The minimum absolute atomic E-state index is 0.116. The summed E-state index contributed by atoms with van der Waals surface area (Å²) in [5.74, 6) is 1.20. The fourth-order valence-electron chi connectivity index (χ4n) is 4.98. The molecule has 3 heterocycles. The number of H-pyrrole nitrogens is 1. The zero-order chi connectivity index (χ0) is 20.1. The summed E-state index contributed by atoms with van der Waals surface area (Å²) in [6.45, 7) is 1.43. The van der Waals surface area contributed by atoms with E-state index in [1.165, 1.54) is 25.0 Å². The highest BCUT2D eigenvalue weighted by atomic mass is 16.5. The molecule has 30 heavy (non-hydrogen) atoms. The summed E-state index contributed by atoms with van der Waals surface area (Å²) < 4.78 is 11.5. The lowest BCUT2D eigenvalue weighted by atomic mass is 9.65. The molecule has 0 amide bonds. The highest BCUT2D eigenvalue weighted by Crippen LogP contribution is 2.53. The van der Waals surface area contributed by atoms with E-state index >= 15 is 0 Å². The molecule has 0 radical (unpaired) electrons. The number of aromatic amines is 1. The molecule has 3 aromatic rings. The van der Waals surface area contributed by atoms with Crippen molar-refractivity contribution in [2.45, 2.75) is 44.1 Å². The topological polar surface area (TPSA) is 70.9 Å². The number of benzene rings is 1. The van der Waals surface area contributed by atoms with Gasteiger partial charge in [0.15, 0.2) is 0 Å². The number of fused-ring (bicyclic) bond motifs is 1. The smallest absolute Gasteiger partial charge is 0.138 e. The molecular formula is C25H23N3O2. The van der Waals surface area contributed by atoms with E-state index in [0.717, 1.165) is 48.2 Å². The summed E-state index contributed by atoms with van der Waals surface area (Å²) in [5.41, 5.74) is 8.15. The molecule has 0 saturated carbocycles. The van der Waals surface area contributed by atoms with Gasteiger partial charge in [-0.3, -0.25) is 0 Å². The maximum Gasteiger partial charge on any atom is 0.138 e. The molecule has 150 valence electrons. The van der Waals surface area contributed by atoms with E-state index in [4.69, 9.17) is 9.47 Å². The van der Waals surface area contributed by atoms with Gasteiger partial charge in [-0.25, -0.2) is 4.98 Å². The third-order valence-corrected chi connectivity index (χ3v) is 6.82. The van der Waals surface area contributed by atoms with Gasteiger partial charge >= 0.3 is 0 Å². The van der Waals surface area contributed by atoms with Gasteiger partial charge in [0.1, 0.15) is 23.6 Å². The first kappa shape index (κ1) is 17.7. The number of rotatable bonds is 4. The third kappa shape index (κ3) is 2.83. The van der Waals surface area contributed by atoms with Crippen LogP contribution in [0.25, 0.3) is 22.2 Å². The van der Waals surface area contributed by atoms with Crippen molar-refractivity contribution in [2.75, 3.05) is 13.2 Å². The number of aromatic nitrogens is 2. The van der Waals surface area contributed by atoms with E-state index in [-0.39, 0.29) is 6.10 Å². The summed E-state index contributed by atoms with van der Waals surface area (Å²) in [6.07, 6.45) is 7.40. The Bertz CT molecular complexity index is 1210. The Morgan fingerprint density at radius 1 is 1.13 bits per heavy atom. The highest BCUT2D eigenvalue weighted by Gasteiger charge is 2.36. The average Bonchev–Trinajstić information content (AvgIpc) is 3.20. The molecule has 5 nitrogen and oxygen atoms in total. The van der Waals surface area contributed by atoms with E-state index in [9.17, 15) is 5.26 Å². The Morgan fingerprint density at radius 2 is 2.03 bits per heavy atom. The highest BCUT2D eigenvalue weighted by molar-refractivity contribution is 5.94. The van der Waals surface area contributed by atoms with Gasteiger partial charge in [-0.1, -0.05) is 17.2 Å². The van der Waals surface area contributed by atoms with Crippen molar-refractivity contribution < 1.29 is 9.47 Å². The lowest BCUT2D eigenvalue weighted by molar-refractivity contribution is 0.0254. The minimum atomic E-state index is 0.116. The van der Waals surface area contributed by atoms with Crippen LogP contribution in [0.4, 0.5) is 0 Å². The van der Waals surface area contributed by atoms with E-state index in [1.54, 1.807) is 11.1 Å². The standard InChI is InChI=1S/C25H23N3O2/c26-14-17-11-15(2-4-24(17)30-18-6-9-29-10-7-18)20-5-8-27-25-22(20)13-23(28-25)21-12-16-1-3-19(16)21/h2,4-5,8,11,13,18,21H,1,3,6-7,9-10,12H2,(H,27,28). The van der Waals surface area contributed by atoms with Gasteiger partial charge in [-0.15, -0.1) is 0 Å². The minimum Gasteiger partial charge on any atom is -0.489 e. The number of hydrogen-bond donors (Lipinski definition) is 1. The molecular weight excluding hydrogens is 374 g/mol. The van der Waals surface area contributed by atoms with Gasteiger partial charge in [-0.05, 0) is 54.7 Å². The molecule has 3 aliphatic rings. The second-order valence-corrected chi connectivity index (χ2v) is 8.48. The second-order valence-electron chi connectivity index (χ2n) is 8.48. The van der Waals surface area contributed by atoms with Gasteiger partial charge < -0.3 is 14.5 Å². The summed E-state index contributed by atoms with van der Waals surface area (Å²) in [7, 11) is 0. The number of allylic oxidation sites excluding steroid dienone is 2. The SMILES string of the molecule is N#Cc1cc(-c2ccnc3[nH]c(C4CC5=C4CC5)cc23)ccc1OC1CCOCC1. The van der Waals surface area contributed by atoms with Crippen molar-refractivity contribution in [1.29, 1.82) is 5.26 Å². The Labute approximate surface area is 175 Å². The molecule has 1 aromatic carbocycles. The fourth-order valence-corrected chi connectivity index (χ4v) is 4.98. The first-order valence-electron chi connectivity index (χ1n) is 10.8. The van der Waals surface area contributed by atoms with E-state index in [0.29, 0.717) is 17.2 Å². The van der Waals surface area contributed by atoms with Crippen molar-refractivity contribution in [3.05, 3.63) is 58.9 Å². The zero-order valence-corrected chi connectivity index (χ0v) is 16.8. The van der Waals surface area contributed by atoms with E-state index in [2.05, 4.69) is 22.1 Å². The molecule has 2 aliphatic carbocycles. The average molecular weight is 397 g/mol. The van der Waals surface area contributed by atoms with Crippen LogP contribution in [0.2, 0.25) is 0 Å². The molecule has 1 fully saturated rings. The molecule has 1 saturated heterocycles. The van der Waals surface area contributed by atoms with Crippen molar-refractivity contribution in [2.24, 2.45) is 0 Å². The van der Waals surface area contributed by atoms with E-state index in [1.807, 2.05) is 30.5 Å². The van der Waals surface area contributed by atoms with Crippen molar-refractivity contribution in [3.63, 3.8) is 0 Å². The maximum absolute atomic E-state index is 9.73. The first-order chi connectivity index (χ1) is 14.8. The molecule has 0 bridgehead atoms. The molecule has 1 aliphatic heterocycles. The number of nitriles is 1. The Morgan fingerprint density at radius 3 is 2.77 bits per heavy atom. The molecule has 1 N–H and O–H groups in total. The molecule has 6 rings (SSSR count). The number of pyridine rings is 1. The Kier molecular flexibility index (Phi) is 4.14. The van der Waals surface area contributed by atoms with Crippen LogP contribution in [0.1, 0.15) is 49.3 Å². The Hall–Kier alpha value is -3.10. The normalized spacial score (nSPS) is 21.0. The zero-order valence-electron chi connectivity index (χ0n) is 16.8. The number of nitrogens with zero attached hydrogens (tertiary/aromatic N) is 2.